The number of hydrogen-bond acceptors (Lipinski definition) is 5. The minimum Gasteiger partial charge on any atom is -0.489 e. The number of cyclic esters (lactones) is 1. The summed E-state index contributed by atoms with van der Waals surface area (Å²) in [6, 6.07) is 8.51. The van der Waals surface area contributed by atoms with Crippen molar-refractivity contribution in [2.24, 2.45) is 5.92 Å². The molecule has 1 aromatic heterocycles. The standard InChI is InChI=1S/C19H20O5/c1-12(9-16-10-13(2)19(21)23-16)7-8-22-15-5-3-14-4-6-18(20)24-17(14)11-15/h3-7,11,13,16H,8-10H2,1-2H3/b12-7+. The average Bonchev–Trinajstić information content (AvgIpc) is 2.84. The predicted molar refractivity (Wildman–Crippen MR) is 90.0 cm³/mol. The minimum atomic E-state index is -0.379. The fraction of sp³-hybridized carbons (Fsp3) is 0.368. The molecular formula is C19H20O5. The lowest BCUT2D eigenvalue weighted by Gasteiger charge is -2.10. The van der Waals surface area contributed by atoms with Crippen LogP contribution in [0.3, 0.4) is 0 Å². The Morgan fingerprint density at radius 1 is 1.29 bits per heavy atom. The van der Waals surface area contributed by atoms with E-state index in [0.717, 1.165) is 23.8 Å². The van der Waals surface area contributed by atoms with Crippen molar-refractivity contribution >= 4 is 16.9 Å². The van der Waals surface area contributed by atoms with Crippen molar-refractivity contribution < 1.29 is 18.7 Å². The molecule has 1 fully saturated rings. The molecule has 0 saturated carbocycles. The molecule has 126 valence electrons. The second-order valence-electron chi connectivity index (χ2n) is 6.22. The highest BCUT2D eigenvalue weighted by atomic mass is 16.5. The largest absolute Gasteiger partial charge is 0.489 e. The Labute approximate surface area is 139 Å². The van der Waals surface area contributed by atoms with Crippen molar-refractivity contribution in [3.8, 4) is 5.75 Å². The number of ether oxygens (including phenoxy) is 2. The number of esters is 1. The molecule has 2 atom stereocenters. The van der Waals surface area contributed by atoms with Gasteiger partial charge in [0, 0.05) is 23.9 Å². The van der Waals surface area contributed by atoms with E-state index in [0.29, 0.717) is 17.9 Å². The molecule has 24 heavy (non-hydrogen) atoms. The maximum Gasteiger partial charge on any atom is 0.336 e. The molecule has 0 bridgehead atoms. The van der Waals surface area contributed by atoms with Gasteiger partial charge < -0.3 is 13.9 Å². The molecule has 0 N–H and O–H groups in total. The molecule has 2 heterocycles. The van der Waals surface area contributed by atoms with E-state index < -0.39 is 0 Å². The second kappa shape index (κ2) is 6.91. The number of carbonyl (C=O) groups is 1. The van der Waals surface area contributed by atoms with Gasteiger partial charge in [0.05, 0.1) is 5.92 Å². The van der Waals surface area contributed by atoms with Gasteiger partial charge in [-0.2, -0.15) is 0 Å². The highest BCUT2D eigenvalue weighted by Crippen LogP contribution is 2.25. The third-order valence-electron chi connectivity index (χ3n) is 4.13. The fourth-order valence-corrected chi connectivity index (χ4v) is 2.80. The van der Waals surface area contributed by atoms with Gasteiger partial charge in [0.1, 0.15) is 24.0 Å². The van der Waals surface area contributed by atoms with Crippen LogP contribution >= 0.6 is 0 Å². The normalized spacial score (nSPS) is 21.1. The number of fused-ring (bicyclic) bond motifs is 1. The van der Waals surface area contributed by atoms with Crippen LogP contribution < -0.4 is 10.4 Å². The number of hydrogen-bond donors (Lipinski definition) is 0. The lowest BCUT2D eigenvalue weighted by molar-refractivity contribution is -0.143. The van der Waals surface area contributed by atoms with Gasteiger partial charge in [-0.05, 0) is 37.6 Å². The summed E-state index contributed by atoms with van der Waals surface area (Å²) in [5.74, 6) is 0.523. The molecule has 0 radical (unpaired) electrons. The van der Waals surface area contributed by atoms with Crippen molar-refractivity contribution in [2.75, 3.05) is 6.61 Å². The molecular weight excluding hydrogens is 308 g/mol. The molecule has 2 unspecified atom stereocenters. The van der Waals surface area contributed by atoms with Gasteiger partial charge in [0.15, 0.2) is 0 Å². The van der Waals surface area contributed by atoms with Crippen LogP contribution in [0.4, 0.5) is 0 Å². The predicted octanol–water partition coefficient (Wildman–Crippen LogP) is 3.46. The lowest BCUT2D eigenvalue weighted by atomic mass is 10.0. The van der Waals surface area contributed by atoms with Gasteiger partial charge in [-0.15, -0.1) is 0 Å². The summed E-state index contributed by atoms with van der Waals surface area (Å²) in [6.07, 6.45) is 3.45. The van der Waals surface area contributed by atoms with E-state index in [9.17, 15) is 9.59 Å². The fourth-order valence-electron chi connectivity index (χ4n) is 2.80. The van der Waals surface area contributed by atoms with Gasteiger partial charge in [-0.25, -0.2) is 4.79 Å². The van der Waals surface area contributed by atoms with Crippen LogP contribution in [-0.4, -0.2) is 18.7 Å². The molecule has 0 spiro atoms. The van der Waals surface area contributed by atoms with Crippen molar-refractivity contribution in [1.29, 1.82) is 0 Å². The summed E-state index contributed by atoms with van der Waals surface area (Å²) in [5.41, 5.74) is 1.25. The first-order valence-electron chi connectivity index (χ1n) is 8.04. The first-order chi connectivity index (χ1) is 11.5. The summed E-state index contributed by atoms with van der Waals surface area (Å²) < 4.78 is 16.1. The number of benzene rings is 1. The molecule has 5 nitrogen and oxygen atoms in total. The van der Waals surface area contributed by atoms with E-state index in [1.165, 1.54) is 6.07 Å². The van der Waals surface area contributed by atoms with Crippen LogP contribution in [0.5, 0.6) is 5.75 Å². The second-order valence-corrected chi connectivity index (χ2v) is 6.22. The quantitative estimate of drug-likeness (QED) is 0.478. The third-order valence-corrected chi connectivity index (χ3v) is 4.13. The third kappa shape index (κ3) is 3.85. The highest BCUT2D eigenvalue weighted by molar-refractivity contribution is 5.77. The molecule has 1 aliphatic heterocycles. The summed E-state index contributed by atoms with van der Waals surface area (Å²) in [7, 11) is 0. The van der Waals surface area contributed by atoms with Crippen molar-refractivity contribution in [2.45, 2.75) is 32.8 Å². The van der Waals surface area contributed by atoms with Crippen LogP contribution in [0, 0.1) is 5.92 Å². The SMILES string of the molecule is C/C(=C\COc1ccc2ccc(=O)oc2c1)CC1CC(C)C(=O)O1. The Morgan fingerprint density at radius 2 is 2.08 bits per heavy atom. The van der Waals surface area contributed by atoms with Gasteiger partial charge in [-0.3, -0.25) is 4.79 Å². The first kappa shape index (κ1) is 16.3. The molecule has 0 aliphatic carbocycles. The smallest absolute Gasteiger partial charge is 0.336 e. The van der Waals surface area contributed by atoms with Crippen molar-refractivity contribution in [3.05, 3.63) is 52.4 Å². The Bertz CT molecular complexity index is 833. The van der Waals surface area contributed by atoms with E-state index in [2.05, 4.69) is 0 Å². The molecule has 0 amide bonds. The molecule has 2 aromatic rings. The average molecular weight is 328 g/mol. The van der Waals surface area contributed by atoms with Gasteiger partial charge >= 0.3 is 11.6 Å². The summed E-state index contributed by atoms with van der Waals surface area (Å²) in [6.45, 7) is 4.30. The van der Waals surface area contributed by atoms with E-state index >= 15 is 0 Å². The molecule has 1 aromatic carbocycles. The van der Waals surface area contributed by atoms with E-state index in [-0.39, 0.29) is 23.6 Å². The zero-order valence-electron chi connectivity index (χ0n) is 13.8. The van der Waals surface area contributed by atoms with Crippen LogP contribution in [0.15, 0.2) is 51.2 Å². The molecule has 1 saturated heterocycles. The minimum absolute atomic E-state index is 0.00805. The van der Waals surface area contributed by atoms with E-state index in [1.807, 2.05) is 32.1 Å². The van der Waals surface area contributed by atoms with E-state index in [1.54, 1.807) is 12.1 Å². The lowest BCUT2D eigenvalue weighted by Crippen LogP contribution is -2.07. The Kier molecular flexibility index (Phi) is 4.69. The Morgan fingerprint density at radius 3 is 2.83 bits per heavy atom. The zero-order valence-corrected chi connectivity index (χ0v) is 13.8. The Balaban J connectivity index is 1.57. The van der Waals surface area contributed by atoms with Crippen molar-refractivity contribution in [1.82, 2.24) is 0 Å². The maximum absolute atomic E-state index is 11.4. The number of carbonyl (C=O) groups excluding carboxylic acids is 1. The first-order valence-corrected chi connectivity index (χ1v) is 8.04. The molecule has 1 aliphatic rings. The molecule has 3 rings (SSSR count). The van der Waals surface area contributed by atoms with Gasteiger partial charge in [0.25, 0.3) is 0 Å². The highest BCUT2D eigenvalue weighted by Gasteiger charge is 2.30. The van der Waals surface area contributed by atoms with Crippen LogP contribution in [-0.2, 0) is 9.53 Å². The zero-order chi connectivity index (χ0) is 17.1. The topological polar surface area (TPSA) is 65.7 Å². The van der Waals surface area contributed by atoms with Gasteiger partial charge in [0.2, 0.25) is 0 Å². The summed E-state index contributed by atoms with van der Waals surface area (Å²) in [4.78, 5) is 22.7. The summed E-state index contributed by atoms with van der Waals surface area (Å²) >= 11 is 0. The van der Waals surface area contributed by atoms with Crippen LogP contribution in [0.2, 0.25) is 0 Å². The van der Waals surface area contributed by atoms with Crippen molar-refractivity contribution in [3.63, 3.8) is 0 Å². The van der Waals surface area contributed by atoms with E-state index in [4.69, 9.17) is 13.9 Å². The Hall–Kier alpha value is -2.56. The van der Waals surface area contributed by atoms with Crippen LogP contribution in [0.1, 0.15) is 26.7 Å². The molecule has 5 heteroatoms. The van der Waals surface area contributed by atoms with Gasteiger partial charge in [-0.1, -0.05) is 12.5 Å². The number of rotatable bonds is 5. The van der Waals surface area contributed by atoms with Crippen LogP contribution in [0.25, 0.3) is 11.0 Å². The maximum atomic E-state index is 11.4. The summed E-state index contributed by atoms with van der Waals surface area (Å²) in [5, 5.41) is 0.853. The monoisotopic (exact) mass is 328 g/mol.